The molecular weight excluding hydrogens is 274 g/mol. The Morgan fingerprint density at radius 1 is 1.14 bits per heavy atom. The molecule has 1 aliphatic rings. The Morgan fingerprint density at radius 3 is 2.86 bits per heavy atom. The van der Waals surface area contributed by atoms with Crippen molar-refractivity contribution < 1.29 is 9.53 Å². The lowest BCUT2D eigenvalue weighted by Crippen LogP contribution is -2.00. The summed E-state index contributed by atoms with van der Waals surface area (Å²) in [6.45, 7) is 0. The average Bonchev–Trinajstić information content (AvgIpc) is 2.81. The topological polar surface area (TPSA) is 42.1 Å². The number of hydrogen-bond acceptors (Lipinski definition) is 2. The lowest BCUT2D eigenvalue weighted by Gasteiger charge is -2.07. The first-order valence-electron chi connectivity index (χ1n) is 7.59. The Kier molecular flexibility index (Phi) is 3.00. The molecule has 1 N–H and O–H groups in total. The second-order valence-corrected chi connectivity index (χ2v) is 5.74. The van der Waals surface area contributed by atoms with Crippen molar-refractivity contribution in [3.63, 3.8) is 0 Å². The van der Waals surface area contributed by atoms with Crippen LogP contribution in [-0.2, 0) is 17.6 Å². The zero-order chi connectivity index (χ0) is 15.1. The van der Waals surface area contributed by atoms with Gasteiger partial charge in [0.1, 0.15) is 0 Å². The second kappa shape index (κ2) is 5.02. The summed E-state index contributed by atoms with van der Waals surface area (Å²) in [6.07, 6.45) is 3.27. The Labute approximate surface area is 128 Å². The van der Waals surface area contributed by atoms with Crippen molar-refractivity contribution in [3.05, 3.63) is 59.3 Å². The van der Waals surface area contributed by atoms with Crippen LogP contribution in [0.5, 0.6) is 0 Å². The van der Waals surface area contributed by atoms with Gasteiger partial charge in [-0.15, -0.1) is 0 Å². The van der Waals surface area contributed by atoms with Crippen LogP contribution in [0.1, 0.15) is 28.0 Å². The minimum absolute atomic E-state index is 0.293. The minimum Gasteiger partial charge on any atom is -0.465 e. The van der Waals surface area contributed by atoms with E-state index in [1.54, 1.807) is 0 Å². The van der Waals surface area contributed by atoms with E-state index in [-0.39, 0.29) is 5.97 Å². The highest BCUT2D eigenvalue weighted by atomic mass is 16.5. The van der Waals surface area contributed by atoms with Gasteiger partial charge in [-0.25, -0.2) is 4.79 Å². The van der Waals surface area contributed by atoms with Gasteiger partial charge in [0, 0.05) is 22.2 Å². The molecule has 110 valence electrons. The quantitative estimate of drug-likeness (QED) is 0.686. The number of esters is 1. The van der Waals surface area contributed by atoms with Gasteiger partial charge in [-0.3, -0.25) is 0 Å². The van der Waals surface area contributed by atoms with Crippen LogP contribution in [-0.4, -0.2) is 18.1 Å². The van der Waals surface area contributed by atoms with Crippen LogP contribution in [0.3, 0.4) is 0 Å². The number of nitrogens with one attached hydrogen (secondary N) is 1. The van der Waals surface area contributed by atoms with E-state index in [9.17, 15) is 4.79 Å². The van der Waals surface area contributed by atoms with Crippen LogP contribution in [0, 0.1) is 0 Å². The van der Waals surface area contributed by atoms with Gasteiger partial charge in [0.25, 0.3) is 0 Å². The molecule has 0 amide bonds. The zero-order valence-electron chi connectivity index (χ0n) is 12.5. The summed E-state index contributed by atoms with van der Waals surface area (Å²) in [5, 5.41) is 1.10. The molecule has 2 aromatic carbocycles. The smallest absolute Gasteiger partial charge is 0.337 e. The van der Waals surface area contributed by atoms with Crippen molar-refractivity contribution in [2.45, 2.75) is 19.3 Å². The van der Waals surface area contributed by atoms with Crippen LogP contribution < -0.4 is 0 Å². The summed E-state index contributed by atoms with van der Waals surface area (Å²) in [5.41, 5.74) is 6.84. The lowest BCUT2D eigenvalue weighted by atomic mass is 9.97. The number of aromatic amines is 1. The third kappa shape index (κ3) is 1.93. The minimum atomic E-state index is -0.293. The Morgan fingerprint density at radius 2 is 2.00 bits per heavy atom. The number of methoxy groups -OCH3 is 1. The van der Waals surface area contributed by atoms with Gasteiger partial charge in [-0.05, 0) is 48.6 Å². The van der Waals surface area contributed by atoms with Crippen LogP contribution >= 0.6 is 0 Å². The fraction of sp³-hybridized carbons (Fsp3) is 0.211. The van der Waals surface area contributed by atoms with Gasteiger partial charge in [0.2, 0.25) is 0 Å². The molecular formula is C19H17NO2. The molecule has 0 spiro atoms. The van der Waals surface area contributed by atoms with Crippen molar-refractivity contribution in [3.8, 4) is 11.1 Å². The molecule has 3 heteroatoms. The SMILES string of the molecule is COC(=O)c1ccc2[nH]c3c(c2c1)-c1ccccc1CCC3. The van der Waals surface area contributed by atoms with E-state index in [0.717, 1.165) is 30.2 Å². The number of aryl methyl sites for hydroxylation is 2. The van der Waals surface area contributed by atoms with Gasteiger partial charge >= 0.3 is 5.97 Å². The number of carbonyl (C=O) groups is 1. The standard InChI is InChI=1S/C19H17NO2/c1-22-19(21)13-9-10-16-15(11-13)18-14-7-3-2-5-12(14)6-4-8-17(18)20-16/h2-3,5,7,9-11,20H,4,6,8H2,1H3. The molecule has 0 radical (unpaired) electrons. The van der Waals surface area contributed by atoms with E-state index >= 15 is 0 Å². The number of aromatic nitrogens is 1. The fourth-order valence-electron chi connectivity index (χ4n) is 3.43. The predicted octanol–water partition coefficient (Wildman–Crippen LogP) is 4.11. The first kappa shape index (κ1) is 13.1. The molecule has 3 aromatic rings. The van der Waals surface area contributed by atoms with Crippen LogP contribution in [0.25, 0.3) is 22.0 Å². The van der Waals surface area contributed by atoms with Crippen molar-refractivity contribution in [1.82, 2.24) is 4.98 Å². The lowest BCUT2D eigenvalue weighted by molar-refractivity contribution is 0.0601. The second-order valence-electron chi connectivity index (χ2n) is 5.74. The van der Waals surface area contributed by atoms with E-state index in [1.807, 2.05) is 18.2 Å². The summed E-state index contributed by atoms with van der Waals surface area (Å²) in [6, 6.07) is 14.3. The predicted molar refractivity (Wildman–Crippen MR) is 87.1 cm³/mol. The van der Waals surface area contributed by atoms with E-state index in [0.29, 0.717) is 5.56 Å². The first-order valence-corrected chi connectivity index (χ1v) is 7.59. The van der Waals surface area contributed by atoms with E-state index in [2.05, 4.69) is 29.2 Å². The van der Waals surface area contributed by atoms with Gasteiger partial charge in [0.15, 0.2) is 0 Å². The van der Waals surface area contributed by atoms with Gasteiger partial charge in [-0.2, -0.15) is 0 Å². The molecule has 0 atom stereocenters. The highest BCUT2D eigenvalue weighted by Gasteiger charge is 2.20. The van der Waals surface area contributed by atoms with Gasteiger partial charge in [0.05, 0.1) is 12.7 Å². The maximum atomic E-state index is 11.8. The van der Waals surface area contributed by atoms with Crippen LogP contribution in [0.4, 0.5) is 0 Å². The molecule has 4 rings (SSSR count). The molecule has 1 aromatic heterocycles. The van der Waals surface area contributed by atoms with Crippen molar-refractivity contribution in [2.75, 3.05) is 7.11 Å². The maximum Gasteiger partial charge on any atom is 0.337 e. The number of hydrogen-bond donors (Lipinski definition) is 1. The first-order chi connectivity index (χ1) is 10.8. The third-order valence-corrected chi connectivity index (χ3v) is 4.46. The molecule has 1 aliphatic carbocycles. The van der Waals surface area contributed by atoms with Crippen LogP contribution in [0.15, 0.2) is 42.5 Å². The summed E-state index contributed by atoms with van der Waals surface area (Å²) in [4.78, 5) is 15.4. The van der Waals surface area contributed by atoms with Crippen LogP contribution in [0.2, 0.25) is 0 Å². The largest absolute Gasteiger partial charge is 0.465 e. The maximum absolute atomic E-state index is 11.8. The highest BCUT2D eigenvalue weighted by molar-refractivity contribution is 6.02. The fourth-order valence-corrected chi connectivity index (χ4v) is 3.43. The Balaban J connectivity index is 2.02. The normalized spacial score (nSPS) is 13.3. The average molecular weight is 291 g/mol. The Hall–Kier alpha value is -2.55. The van der Waals surface area contributed by atoms with E-state index in [1.165, 1.54) is 29.5 Å². The Bertz CT molecular complexity index is 876. The van der Waals surface area contributed by atoms with Gasteiger partial charge in [-0.1, -0.05) is 24.3 Å². The monoisotopic (exact) mass is 291 g/mol. The number of H-pyrrole nitrogens is 1. The summed E-state index contributed by atoms with van der Waals surface area (Å²) < 4.78 is 4.85. The number of carbonyl (C=O) groups excluding carboxylic acids is 1. The summed E-state index contributed by atoms with van der Waals surface area (Å²) in [5.74, 6) is -0.293. The molecule has 0 unspecified atom stereocenters. The molecule has 0 saturated carbocycles. The molecule has 0 bridgehead atoms. The molecule has 0 fully saturated rings. The van der Waals surface area contributed by atoms with E-state index in [4.69, 9.17) is 4.74 Å². The summed E-state index contributed by atoms with van der Waals surface area (Å²) in [7, 11) is 1.42. The number of ether oxygens (including phenoxy) is 1. The molecule has 1 heterocycles. The van der Waals surface area contributed by atoms with Crippen molar-refractivity contribution in [2.24, 2.45) is 0 Å². The highest BCUT2D eigenvalue weighted by Crippen LogP contribution is 2.38. The third-order valence-electron chi connectivity index (χ3n) is 4.46. The molecule has 3 nitrogen and oxygen atoms in total. The molecule has 0 aliphatic heterocycles. The number of fused-ring (bicyclic) bond motifs is 5. The van der Waals surface area contributed by atoms with Gasteiger partial charge < -0.3 is 9.72 Å². The van der Waals surface area contributed by atoms with Crippen molar-refractivity contribution in [1.29, 1.82) is 0 Å². The number of benzene rings is 2. The van der Waals surface area contributed by atoms with E-state index < -0.39 is 0 Å². The zero-order valence-corrected chi connectivity index (χ0v) is 12.5. The number of rotatable bonds is 1. The van der Waals surface area contributed by atoms with Crippen molar-refractivity contribution >= 4 is 16.9 Å². The molecule has 22 heavy (non-hydrogen) atoms. The summed E-state index contributed by atoms with van der Waals surface area (Å²) >= 11 is 0. The molecule has 0 saturated heterocycles.